The predicted octanol–water partition coefficient (Wildman–Crippen LogP) is 3.76. The van der Waals surface area contributed by atoms with Gasteiger partial charge in [0.05, 0.1) is 42.3 Å². The predicted molar refractivity (Wildman–Crippen MR) is 112 cm³/mol. The second-order valence-corrected chi connectivity index (χ2v) is 6.53. The molecular weight excluding hydrogens is 384 g/mol. The van der Waals surface area contributed by atoms with Crippen LogP contribution in [0.25, 0.3) is 0 Å². The minimum Gasteiger partial charge on any atom is -0.497 e. The standard InChI is InChI=1S/C23H18N2O5/c1-29-14-11-12-20(30-2)18(13-14)24-21(26)17-9-5-6-10-19(17)25-22(27)15-7-3-4-8-16(15)23(25)28/h3-13H,1-2H3,(H,24,26). The number of anilines is 2. The van der Waals surface area contributed by atoms with Gasteiger partial charge in [-0.15, -0.1) is 0 Å². The molecule has 0 fully saturated rings. The van der Waals surface area contributed by atoms with Gasteiger partial charge in [0.15, 0.2) is 0 Å². The van der Waals surface area contributed by atoms with Gasteiger partial charge in [0.1, 0.15) is 11.5 Å². The Morgan fingerprint density at radius 1 is 0.833 bits per heavy atom. The van der Waals surface area contributed by atoms with Gasteiger partial charge in [-0.2, -0.15) is 0 Å². The first-order valence-corrected chi connectivity index (χ1v) is 9.15. The number of methoxy groups -OCH3 is 2. The second kappa shape index (κ2) is 7.71. The fourth-order valence-electron chi connectivity index (χ4n) is 3.37. The topological polar surface area (TPSA) is 84.9 Å². The molecule has 3 aromatic carbocycles. The van der Waals surface area contributed by atoms with Crippen molar-refractivity contribution in [3.05, 3.63) is 83.4 Å². The molecule has 1 aliphatic rings. The van der Waals surface area contributed by atoms with Gasteiger partial charge in [-0.3, -0.25) is 14.4 Å². The maximum absolute atomic E-state index is 13.1. The Labute approximate surface area is 172 Å². The zero-order chi connectivity index (χ0) is 21.3. The average molecular weight is 402 g/mol. The van der Waals surface area contributed by atoms with Crippen LogP contribution in [0.3, 0.4) is 0 Å². The maximum Gasteiger partial charge on any atom is 0.266 e. The molecule has 1 N–H and O–H groups in total. The molecule has 1 aliphatic heterocycles. The highest BCUT2D eigenvalue weighted by Gasteiger charge is 2.38. The summed E-state index contributed by atoms with van der Waals surface area (Å²) >= 11 is 0. The maximum atomic E-state index is 13.1. The molecule has 0 aromatic heterocycles. The van der Waals surface area contributed by atoms with Crippen LogP contribution in [0.2, 0.25) is 0 Å². The monoisotopic (exact) mass is 402 g/mol. The molecule has 3 aromatic rings. The van der Waals surface area contributed by atoms with Gasteiger partial charge < -0.3 is 14.8 Å². The number of imide groups is 1. The first kappa shape index (κ1) is 19.2. The van der Waals surface area contributed by atoms with Crippen LogP contribution in [0, 0.1) is 0 Å². The number of fused-ring (bicyclic) bond motifs is 1. The van der Waals surface area contributed by atoms with E-state index < -0.39 is 17.7 Å². The molecule has 0 saturated heterocycles. The lowest BCUT2D eigenvalue weighted by Gasteiger charge is -2.18. The summed E-state index contributed by atoms with van der Waals surface area (Å²) in [6, 6.07) is 18.1. The number of amides is 3. The molecule has 30 heavy (non-hydrogen) atoms. The number of ether oxygens (including phenoxy) is 2. The van der Waals surface area contributed by atoms with Gasteiger partial charge >= 0.3 is 0 Å². The lowest BCUT2D eigenvalue weighted by Crippen LogP contribution is -2.31. The van der Waals surface area contributed by atoms with Crippen molar-refractivity contribution >= 4 is 29.1 Å². The lowest BCUT2D eigenvalue weighted by molar-refractivity contribution is 0.0926. The molecule has 1 heterocycles. The van der Waals surface area contributed by atoms with Crippen molar-refractivity contribution in [3.8, 4) is 11.5 Å². The SMILES string of the molecule is COc1ccc(OC)c(NC(=O)c2ccccc2N2C(=O)c3ccccc3C2=O)c1. The fourth-order valence-corrected chi connectivity index (χ4v) is 3.37. The Morgan fingerprint density at radius 3 is 2.10 bits per heavy atom. The Hall–Kier alpha value is -4.13. The third-order valence-corrected chi connectivity index (χ3v) is 4.84. The van der Waals surface area contributed by atoms with Crippen LogP contribution in [-0.4, -0.2) is 31.9 Å². The normalized spacial score (nSPS) is 12.5. The van der Waals surface area contributed by atoms with Gasteiger partial charge in [-0.05, 0) is 36.4 Å². The van der Waals surface area contributed by atoms with Crippen LogP contribution < -0.4 is 19.7 Å². The van der Waals surface area contributed by atoms with Crippen molar-refractivity contribution in [1.82, 2.24) is 0 Å². The highest BCUT2D eigenvalue weighted by Crippen LogP contribution is 2.33. The van der Waals surface area contributed by atoms with Crippen LogP contribution in [0.5, 0.6) is 11.5 Å². The minimum absolute atomic E-state index is 0.178. The second-order valence-electron chi connectivity index (χ2n) is 6.53. The molecule has 7 heteroatoms. The summed E-state index contributed by atoms with van der Waals surface area (Å²) in [5.74, 6) is -0.430. The van der Waals surface area contributed by atoms with Crippen molar-refractivity contribution < 1.29 is 23.9 Å². The lowest BCUT2D eigenvalue weighted by atomic mass is 10.1. The van der Waals surface area contributed by atoms with Crippen LogP contribution in [0.15, 0.2) is 66.7 Å². The molecule has 7 nitrogen and oxygen atoms in total. The van der Waals surface area contributed by atoms with Crippen molar-refractivity contribution in [3.63, 3.8) is 0 Å². The summed E-state index contributed by atoms with van der Waals surface area (Å²) in [5, 5.41) is 2.77. The van der Waals surface area contributed by atoms with Crippen molar-refractivity contribution in [2.45, 2.75) is 0 Å². The van der Waals surface area contributed by atoms with Gasteiger partial charge in [0, 0.05) is 6.07 Å². The van der Waals surface area contributed by atoms with Gasteiger partial charge in [0.25, 0.3) is 17.7 Å². The average Bonchev–Trinajstić information content (AvgIpc) is 3.04. The molecule has 0 unspecified atom stereocenters. The number of nitrogens with one attached hydrogen (secondary N) is 1. The van der Waals surface area contributed by atoms with Gasteiger partial charge in [0.2, 0.25) is 0 Å². The van der Waals surface area contributed by atoms with E-state index in [1.807, 2.05) is 0 Å². The number of hydrogen-bond acceptors (Lipinski definition) is 5. The molecular formula is C23H18N2O5. The zero-order valence-corrected chi connectivity index (χ0v) is 16.3. The van der Waals surface area contributed by atoms with E-state index in [9.17, 15) is 14.4 Å². The Balaban J connectivity index is 1.71. The van der Waals surface area contributed by atoms with Crippen LogP contribution >= 0.6 is 0 Å². The molecule has 0 aliphatic carbocycles. The molecule has 0 bridgehead atoms. The number of rotatable bonds is 5. The van der Waals surface area contributed by atoms with Crippen molar-refractivity contribution in [2.24, 2.45) is 0 Å². The van der Waals surface area contributed by atoms with E-state index >= 15 is 0 Å². The molecule has 4 rings (SSSR count). The summed E-state index contributed by atoms with van der Waals surface area (Å²) in [5.41, 5.74) is 1.42. The van der Waals surface area contributed by atoms with Crippen molar-refractivity contribution in [1.29, 1.82) is 0 Å². The number of para-hydroxylation sites is 1. The third-order valence-electron chi connectivity index (χ3n) is 4.84. The fraction of sp³-hybridized carbons (Fsp3) is 0.0870. The van der Waals surface area contributed by atoms with Crippen LogP contribution in [0.4, 0.5) is 11.4 Å². The molecule has 3 amide bonds. The third kappa shape index (κ3) is 3.16. The van der Waals surface area contributed by atoms with E-state index in [2.05, 4.69) is 5.32 Å². The minimum atomic E-state index is -0.492. The Morgan fingerprint density at radius 2 is 1.47 bits per heavy atom. The largest absolute Gasteiger partial charge is 0.497 e. The summed E-state index contributed by atoms with van der Waals surface area (Å²) in [6.45, 7) is 0. The van der Waals surface area contributed by atoms with E-state index in [4.69, 9.17) is 9.47 Å². The van der Waals surface area contributed by atoms with Crippen LogP contribution in [0.1, 0.15) is 31.1 Å². The number of nitrogens with zero attached hydrogens (tertiary/aromatic N) is 1. The summed E-state index contributed by atoms with van der Waals surface area (Å²) < 4.78 is 10.5. The summed E-state index contributed by atoms with van der Waals surface area (Å²) in [6.07, 6.45) is 0. The summed E-state index contributed by atoms with van der Waals surface area (Å²) in [7, 11) is 3.01. The zero-order valence-electron chi connectivity index (χ0n) is 16.3. The highest BCUT2D eigenvalue weighted by atomic mass is 16.5. The number of benzene rings is 3. The van der Waals surface area contributed by atoms with Crippen LogP contribution in [-0.2, 0) is 0 Å². The van der Waals surface area contributed by atoms with E-state index in [0.29, 0.717) is 28.3 Å². The molecule has 0 atom stereocenters. The number of hydrogen-bond donors (Lipinski definition) is 1. The molecule has 150 valence electrons. The molecule has 0 radical (unpaired) electrons. The van der Waals surface area contributed by atoms with Gasteiger partial charge in [-0.25, -0.2) is 4.90 Å². The first-order chi connectivity index (χ1) is 14.5. The quantitative estimate of drug-likeness (QED) is 0.657. The first-order valence-electron chi connectivity index (χ1n) is 9.15. The smallest absolute Gasteiger partial charge is 0.266 e. The number of carbonyl (C=O) groups is 3. The Kier molecular flexibility index (Phi) is 4.93. The molecule has 0 spiro atoms. The highest BCUT2D eigenvalue weighted by molar-refractivity contribution is 6.35. The van der Waals surface area contributed by atoms with E-state index in [1.165, 1.54) is 14.2 Å². The van der Waals surface area contributed by atoms with Crippen molar-refractivity contribution in [2.75, 3.05) is 24.4 Å². The number of carbonyl (C=O) groups excluding carboxylic acids is 3. The summed E-state index contributed by atoms with van der Waals surface area (Å²) in [4.78, 5) is 39.8. The van der Waals surface area contributed by atoms with Gasteiger partial charge in [-0.1, -0.05) is 24.3 Å². The van der Waals surface area contributed by atoms with E-state index in [0.717, 1.165) is 4.90 Å². The van der Waals surface area contributed by atoms with E-state index in [-0.39, 0.29) is 11.3 Å². The molecule has 0 saturated carbocycles. The van der Waals surface area contributed by atoms with E-state index in [1.54, 1.807) is 66.7 Å². The Bertz CT molecular complexity index is 1140.